The largest absolute Gasteiger partial charge is 0.508 e. The molecule has 2 aromatic heterocycles. The van der Waals surface area contributed by atoms with E-state index < -0.39 is 17.5 Å². The molecule has 0 spiro atoms. The van der Waals surface area contributed by atoms with Crippen LogP contribution in [0.5, 0.6) is 17.6 Å². The van der Waals surface area contributed by atoms with Crippen molar-refractivity contribution < 1.29 is 23.4 Å². The number of anilines is 1. The van der Waals surface area contributed by atoms with Gasteiger partial charge in [-0.25, -0.2) is 13.8 Å². The summed E-state index contributed by atoms with van der Waals surface area (Å²) >= 11 is 0. The average Bonchev–Trinajstić information content (AvgIpc) is 3.52. The zero-order chi connectivity index (χ0) is 30.9. The minimum atomic E-state index is -0.889. The number of aromatic hydroxyl groups is 1. The van der Waals surface area contributed by atoms with E-state index in [1.807, 2.05) is 25.1 Å². The van der Waals surface area contributed by atoms with Crippen molar-refractivity contribution in [2.24, 2.45) is 0 Å². The van der Waals surface area contributed by atoms with E-state index in [2.05, 4.69) is 27.0 Å². The number of nitrogens with one attached hydrogen (secondary N) is 1. The highest BCUT2D eigenvalue weighted by Crippen LogP contribution is 2.44. The molecule has 6 heterocycles. The number of phenols is 1. The normalized spacial score (nSPS) is 26.1. The summed E-state index contributed by atoms with van der Waals surface area (Å²) in [5.74, 6) is 0.182. The molecule has 0 saturated carbocycles. The van der Waals surface area contributed by atoms with E-state index in [4.69, 9.17) is 19.4 Å². The van der Waals surface area contributed by atoms with Crippen LogP contribution in [0.2, 0.25) is 0 Å². The van der Waals surface area contributed by atoms with E-state index in [0.717, 1.165) is 48.6 Å². The summed E-state index contributed by atoms with van der Waals surface area (Å²) < 4.78 is 44.2. The highest BCUT2D eigenvalue weighted by molar-refractivity contribution is 6.03. The first-order valence-electron chi connectivity index (χ1n) is 16.2. The van der Waals surface area contributed by atoms with E-state index in [1.165, 1.54) is 0 Å². The number of rotatable bonds is 6. The van der Waals surface area contributed by atoms with Crippen LogP contribution in [0, 0.1) is 5.82 Å². The average molecular weight is 617 g/mol. The maximum Gasteiger partial charge on any atom is 0.319 e. The Morgan fingerprint density at radius 2 is 2.04 bits per heavy atom. The zero-order valence-corrected chi connectivity index (χ0v) is 25.7. The molecular formula is C34H38F2N6O3. The molecule has 0 radical (unpaired) electrons. The smallest absolute Gasteiger partial charge is 0.319 e. The van der Waals surface area contributed by atoms with Gasteiger partial charge >= 0.3 is 6.01 Å². The number of pyridine rings is 1. The Hall–Kier alpha value is -3.83. The van der Waals surface area contributed by atoms with Crippen LogP contribution in [-0.2, 0) is 6.42 Å². The monoisotopic (exact) mass is 616 g/mol. The summed E-state index contributed by atoms with van der Waals surface area (Å²) in [6.07, 6.45) is 3.00. The molecule has 2 aromatic carbocycles. The molecule has 3 fully saturated rings. The number of ether oxygens (including phenoxy) is 2. The van der Waals surface area contributed by atoms with Crippen LogP contribution < -0.4 is 19.7 Å². The van der Waals surface area contributed by atoms with Gasteiger partial charge < -0.3 is 24.8 Å². The molecule has 4 atom stereocenters. The van der Waals surface area contributed by atoms with Gasteiger partial charge in [-0.05, 0) is 60.7 Å². The van der Waals surface area contributed by atoms with Gasteiger partial charge in [0.05, 0.1) is 11.6 Å². The third kappa shape index (κ3) is 4.65. The lowest BCUT2D eigenvalue weighted by Gasteiger charge is -2.39. The molecule has 236 valence electrons. The van der Waals surface area contributed by atoms with Crippen molar-refractivity contribution in [1.82, 2.24) is 25.2 Å². The first-order chi connectivity index (χ1) is 21.9. The maximum absolute atomic E-state index is 17.0. The summed E-state index contributed by atoms with van der Waals surface area (Å²) in [6.45, 7) is 7.35. The summed E-state index contributed by atoms with van der Waals surface area (Å²) in [5, 5.41) is 16.3. The fraction of sp³-hybridized carbons (Fsp3) is 0.500. The van der Waals surface area contributed by atoms with Gasteiger partial charge in [-0.3, -0.25) is 4.90 Å². The fourth-order valence-corrected chi connectivity index (χ4v) is 8.00. The van der Waals surface area contributed by atoms with Crippen LogP contribution in [0.4, 0.5) is 14.6 Å². The molecule has 3 saturated heterocycles. The van der Waals surface area contributed by atoms with E-state index in [0.29, 0.717) is 49.4 Å². The number of alkyl halides is 1. The molecule has 4 aliphatic rings. The Balaban J connectivity index is 1.32. The Bertz CT molecular complexity index is 1810. The number of hydrogen-bond donors (Lipinski definition) is 2. The number of aromatic nitrogens is 3. The Kier molecular flexibility index (Phi) is 6.94. The number of phenolic OH excluding ortho intramolecular Hbond substituents is 1. The highest BCUT2D eigenvalue weighted by atomic mass is 19.1. The third-order valence-corrected chi connectivity index (χ3v) is 10.3. The van der Waals surface area contributed by atoms with Crippen molar-refractivity contribution in [3.8, 4) is 28.9 Å². The third-order valence-electron chi connectivity index (χ3n) is 10.3. The number of fused-ring (bicyclic) bond motifs is 4. The maximum atomic E-state index is 17.0. The zero-order valence-electron chi connectivity index (χ0n) is 25.7. The minimum Gasteiger partial charge on any atom is -0.508 e. The fourth-order valence-electron chi connectivity index (χ4n) is 8.00. The standard InChI is InChI=1S/C34H38F2N6O3/c1-3-19-7-5-8-20-11-24(43)12-25(26(19)20)29-28(36)30-27-31(42-16-22(4-2)37-14-23(42)17-44-32(27)38-29)40-33(39-30)45-18-34-9-6-10-41(34)15-21(35)13-34/h5,7-8,11-12,21-23,37,43H,3-4,6,9-10,13-18H2,1-2H3/t21-,22?,23-,34+/m1/s1. The molecule has 1 unspecified atom stereocenters. The first kappa shape index (κ1) is 28.6. The molecule has 45 heavy (non-hydrogen) atoms. The van der Waals surface area contributed by atoms with E-state index in [-0.39, 0.29) is 47.5 Å². The Morgan fingerprint density at radius 3 is 2.89 bits per heavy atom. The number of nitrogens with zero attached hydrogens (tertiary/aromatic N) is 5. The summed E-state index contributed by atoms with van der Waals surface area (Å²) in [7, 11) is 0. The van der Waals surface area contributed by atoms with Crippen molar-refractivity contribution in [3.63, 3.8) is 0 Å². The van der Waals surface area contributed by atoms with Crippen molar-refractivity contribution in [2.45, 2.75) is 69.7 Å². The van der Waals surface area contributed by atoms with Crippen molar-refractivity contribution >= 4 is 27.5 Å². The molecule has 11 heteroatoms. The Morgan fingerprint density at radius 1 is 1.16 bits per heavy atom. The van der Waals surface area contributed by atoms with Crippen molar-refractivity contribution in [1.29, 1.82) is 0 Å². The van der Waals surface area contributed by atoms with Gasteiger partial charge in [0.15, 0.2) is 5.82 Å². The van der Waals surface area contributed by atoms with Gasteiger partial charge in [-0.2, -0.15) is 9.97 Å². The molecule has 8 rings (SSSR count). The molecule has 4 aromatic rings. The Labute approximate surface area is 260 Å². The lowest BCUT2D eigenvalue weighted by Crippen LogP contribution is -2.58. The molecule has 0 aliphatic carbocycles. The molecular weight excluding hydrogens is 578 g/mol. The quantitative estimate of drug-likeness (QED) is 0.305. The molecule has 0 bridgehead atoms. The minimum absolute atomic E-state index is 0.0168. The predicted molar refractivity (Wildman–Crippen MR) is 169 cm³/mol. The van der Waals surface area contributed by atoms with Crippen LogP contribution >= 0.6 is 0 Å². The molecule has 2 N–H and O–H groups in total. The lowest BCUT2D eigenvalue weighted by molar-refractivity contribution is 0.107. The number of aryl methyl sites for hydroxylation is 1. The van der Waals surface area contributed by atoms with Gasteiger partial charge in [-0.1, -0.05) is 32.0 Å². The van der Waals surface area contributed by atoms with Gasteiger partial charge in [0.1, 0.15) is 47.5 Å². The van der Waals surface area contributed by atoms with Crippen LogP contribution in [0.25, 0.3) is 32.9 Å². The van der Waals surface area contributed by atoms with Crippen molar-refractivity contribution in [3.05, 3.63) is 41.7 Å². The molecule has 9 nitrogen and oxygen atoms in total. The van der Waals surface area contributed by atoms with Crippen LogP contribution in [-0.4, -0.2) is 88.1 Å². The summed E-state index contributed by atoms with van der Waals surface area (Å²) in [6, 6.07) is 9.31. The van der Waals surface area contributed by atoms with E-state index in [9.17, 15) is 9.50 Å². The first-order valence-corrected chi connectivity index (χ1v) is 16.2. The highest BCUT2D eigenvalue weighted by Gasteiger charge is 2.49. The summed E-state index contributed by atoms with van der Waals surface area (Å²) in [5.41, 5.74) is 1.20. The number of benzene rings is 2. The lowest BCUT2D eigenvalue weighted by atomic mass is 9.95. The molecule has 0 amide bonds. The van der Waals surface area contributed by atoms with Gasteiger partial charge in [0.2, 0.25) is 5.88 Å². The van der Waals surface area contributed by atoms with Crippen LogP contribution in [0.1, 0.15) is 45.1 Å². The second-order valence-electron chi connectivity index (χ2n) is 13.0. The van der Waals surface area contributed by atoms with Gasteiger partial charge in [0, 0.05) is 37.7 Å². The topological polar surface area (TPSA) is 95.9 Å². The predicted octanol–water partition coefficient (Wildman–Crippen LogP) is 5.16. The van der Waals surface area contributed by atoms with Gasteiger partial charge in [-0.15, -0.1) is 0 Å². The van der Waals surface area contributed by atoms with Crippen LogP contribution in [0.3, 0.4) is 0 Å². The van der Waals surface area contributed by atoms with E-state index in [1.54, 1.807) is 12.1 Å². The van der Waals surface area contributed by atoms with Crippen LogP contribution in [0.15, 0.2) is 30.3 Å². The second-order valence-corrected chi connectivity index (χ2v) is 13.0. The van der Waals surface area contributed by atoms with Crippen molar-refractivity contribution in [2.75, 3.05) is 44.3 Å². The van der Waals surface area contributed by atoms with E-state index >= 15 is 4.39 Å². The SMILES string of the molecule is CCc1cccc2cc(O)cc(-c3nc4c5c(nc(OC[C@@]67CCCN6C[C@H](F)C7)nc5c3F)N3CC(CC)NC[C@@H]3CO4)c12. The number of halogens is 2. The molecule has 4 aliphatic heterocycles. The summed E-state index contributed by atoms with van der Waals surface area (Å²) in [4.78, 5) is 18.7. The second kappa shape index (κ2) is 10.9. The number of hydrogen-bond acceptors (Lipinski definition) is 9. The number of piperazine rings is 1. The van der Waals surface area contributed by atoms with Gasteiger partial charge in [0.25, 0.3) is 0 Å².